The van der Waals surface area contributed by atoms with Crippen LogP contribution in [0.5, 0.6) is 0 Å². The second-order valence-corrected chi connectivity index (χ2v) is 5.40. The topological polar surface area (TPSA) is 29.1 Å². The minimum Gasteiger partial charge on any atom is -0.304 e. The lowest BCUT2D eigenvalue weighted by Crippen LogP contribution is -2.41. The van der Waals surface area contributed by atoms with E-state index in [1.807, 2.05) is 0 Å². The summed E-state index contributed by atoms with van der Waals surface area (Å²) in [4.78, 5) is 12.1. The van der Waals surface area contributed by atoms with Gasteiger partial charge in [0, 0.05) is 13.0 Å². The first-order valence-electron chi connectivity index (χ1n) is 6.68. The Morgan fingerprint density at radius 1 is 1.25 bits per heavy atom. The molecule has 2 nitrogen and oxygen atoms in total. The summed E-state index contributed by atoms with van der Waals surface area (Å²) in [5, 5.41) is 3.31. The highest BCUT2D eigenvalue weighted by Crippen LogP contribution is 2.27. The third-order valence-electron chi connectivity index (χ3n) is 3.99. The molecule has 0 aromatic carbocycles. The number of ketones is 1. The van der Waals surface area contributed by atoms with Gasteiger partial charge >= 0.3 is 0 Å². The highest BCUT2D eigenvalue weighted by Gasteiger charge is 2.25. The highest BCUT2D eigenvalue weighted by molar-refractivity contribution is 5.84. The van der Waals surface area contributed by atoms with Crippen LogP contribution in [0.15, 0.2) is 12.2 Å². The first-order chi connectivity index (χ1) is 7.75. The molecule has 1 aliphatic carbocycles. The summed E-state index contributed by atoms with van der Waals surface area (Å²) in [6.45, 7) is 4.78. The standard InChI is InChI=1S/C14H23NO/c1-11-7-8-13(15-10-11)14(16)9-12-5-3-2-4-6-12/h12-13,15H,1-10H2/t13-/m0/s1. The summed E-state index contributed by atoms with van der Waals surface area (Å²) in [5.41, 5.74) is 1.24. The van der Waals surface area contributed by atoms with Crippen LogP contribution in [0, 0.1) is 5.92 Å². The average Bonchev–Trinajstić information content (AvgIpc) is 2.31. The van der Waals surface area contributed by atoms with Crippen molar-refractivity contribution in [1.82, 2.24) is 5.32 Å². The molecular formula is C14H23NO. The molecule has 1 heterocycles. The molecule has 0 amide bonds. The average molecular weight is 221 g/mol. The van der Waals surface area contributed by atoms with Crippen LogP contribution in [0.1, 0.15) is 51.4 Å². The Hall–Kier alpha value is -0.630. The first kappa shape index (κ1) is 11.8. The number of rotatable bonds is 3. The van der Waals surface area contributed by atoms with E-state index in [1.54, 1.807) is 0 Å². The summed E-state index contributed by atoms with van der Waals surface area (Å²) >= 11 is 0. The van der Waals surface area contributed by atoms with E-state index in [0.29, 0.717) is 11.7 Å². The van der Waals surface area contributed by atoms with Crippen molar-refractivity contribution in [2.75, 3.05) is 6.54 Å². The van der Waals surface area contributed by atoms with E-state index in [4.69, 9.17) is 0 Å². The predicted octanol–water partition coefficient (Wildman–Crippen LogP) is 2.83. The third-order valence-corrected chi connectivity index (χ3v) is 3.99. The number of nitrogens with one attached hydrogen (secondary N) is 1. The Kier molecular flexibility index (Phi) is 4.16. The third kappa shape index (κ3) is 3.18. The summed E-state index contributed by atoms with van der Waals surface area (Å²) in [6, 6.07) is 0.118. The van der Waals surface area contributed by atoms with Crippen LogP contribution < -0.4 is 5.32 Å². The van der Waals surface area contributed by atoms with E-state index in [0.717, 1.165) is 25.8 Å². The summed E-state index contributed by atoms with van der Waals surface area (Å²) in [7, 11) is 0. The Morgan fingerprint density at radius 2 is 2.00 bits per heavy atom. The lowest BCUT2D eigenvalue weighted by Gasteiger charge is -2.27. The predicted molar refractivity (Wildman–Crippen MR) is 66.4 cm³/mol. The molecule has 16 heavy (non-hydrogen) atoms. The maximum Gasteiger partial charge on any atom is 0.150 e. The van der Waals surface area contributed by atoms with E-state index >= 15 is 0 Å². The molecule has 0 bridgehead atoms. The van der Waals surface area contributed by atoms with Gasteiger partial charge in [-0.2, -0.15) is 0 Å². The van der Waals surface area contributed by atoms with Crippen LogP contribution in [0.25, 0.3) is 0 Å². The van der Waals surface area contributed by atoms with Crippen LogP contribution in [0.4, 0.5) is 0 Å². The molecule has 0 aromatic rings. The van der Waals surface area contributed by atoms with Gasteiger partial charge in [-0.1, -0.05) is 44.3 Å². The molecule has 2 rings (SSSR count). The molecule has 1 saturated carbocycles. The van der Waals surface area contributed by atoms with E-state index < -0.39 is 0 Å². The lowest BCUT2D eigenvalue weighted by molar-refractivity contribution is -0.122. The van der Waals surface area contributed by atoms with Crippen molar-refractivity contribution in [3.05, 3.63) is 12.2 Å². The number of carbonyl (C=O) groups is 1. The molecule has 1 aliphatic heterocycles. The number of carbonyl (C=O) groups excluding carboxylic acids is 1. The zero-order valence-corrected chi connectivity index (χ0v) is 10.1. The van der Waals surface area contributed by atoms with Gasteiger partial charge in [0.25, 0.3) is 0 Å². The molecule has 2 heteroatoms. The lowest BCUT2D eigenvalue weighted by atomic mass is 9.83. The van der Waals surface area contributed by atoms with Gasteiger partial charge in [0.2, 0.25) is 0 Å². The number of hydrogen-bond donors (Lipinski definition) is 1. The minimum atomic E-state index is 0.118. The molecule has 0 aromatic heterocycles. The highest BCUT2D eigenvalue weighted by atomic mass is 16.1. The Bertz CT molecular complexity index is 256. The fourth-order valence-electron chi connectivity index (χ4n) is 2.90. The number of hydrogen-bond acceptors (Lipinski definition) is 2. The smallest absolute Gasteiger partial charge is 0.150 e. The second kappa shape index (κ2) is 5.62. The van der Waals surface area contributed by atoms with Gasteiger partial charge in [0.05, 0.1) is 6.04 Å². The molecule has 1 saturated heterocycles. The first-order valence-corrected chi connectivity index (χ1v) is 6.68. The van der Waals surface area contributed by atoms with Gasteiger partial charge in [-0.3, -0.25) is 4.79 Å². The molecular weight excluding hydrogens is 198 g/mol. The fraction of sp³-hybridized carbons (Fsp3) is 0.786. The van der Waals surface area contributed by atoms with E-state index in [1.165, 1.54) is 37.7 Å². The van der Waals surface area contributed by atoms with E-state index in [-0.39, 0.29) is 6.04 Å². The minimum absolute atomic E-state index is 0.118. The van der Waals surface area contributed by atoms with Crippen LogP contribution in [0.2, 0.25) is 0 Å². The molecule has 2 fully saturated rings. The van der Waals surface area contributed by atoms with Gasteiger partial charge in [-0.15, -0.1) is 0 Å². The van der Waals surface area contributed by atoms with Crippen molar-refractivity contribution in [2.45, 2.75) is 57.4 Å². The van der Waals surface area contributed by atoms with Crippen LogP contribution in [-0.4, -0.2) is 18.4 Å². The Balaban J connectivity index is 1.76. The van der Waals surface area contributed by atoms with Crippen molar-refractivity contribution in [1.29, 1.82) is 0 Å². The second-order valence-electron chi connectivity index (χ2n) is 5.40. The monoisotopic (exact) mass is 221 g/mol. The summed E-state index contributed by atoms with van der Waals surface area (Å²) in [6.07, 6.45) is 9.35. The maximum absolute atomic E-state index is 12.1. The van der Waals surface area contributed by atoms with Crippen LogP contribution >= 0.6 is 0 Å². The Labute approximate surface area is 98.5 Å². The van der Waals surface area contributed by atoms with Gasteiger partial charge in [0.15, 0.2) is 0 Å². The van der Waals surface area contributed by atoms with E-state index in [2.05, 4.69) is 11.9 Å². The molecule has 1 atom stereocenters. The quantitative estimate of drug-likeness (QED) is 0.742. The molecule has 2 aliphatic rings. The zero-order chi connectivity index (χ0) is 11.4. The van der Waals surface area contributed by atoms with Gasteiger partial charge in [-0.05, 0) is 18.8 Å². The van der Waals surface area contributed by atoms with E-state index in [9.17, 15) is 4.79 Å². The number of Topliss-reactive ketones (excluding diaryl/α,β-unsaturated/α-hetero) is 1. The summed E-state index contributed by atoms with van der Waals surface area (Å²) in [5.74, 6) is 1.12. The SMILES string of the molecule is C=C1CC[C@@H](C(=O)CC2CCCCC2)NC1. The van der Waals surface area contributed by atoms with Crippen molar-refractivity contribution in [2.24, 2.45) is 5.92 Å². The molecule has 0 unspecified atom stereocenters. The van der Waals surface area contributed by atoms with Crippen molar-refractivity contribution < 1.29 is 4.79 Å². The van der Waals surface area contributed by atoms with Gasteiger partial charge in [0.1, 0.15) is 5.78 Å². The van der Waals surface area contributed by atoms with Gasteiger partial charge < -0.3 is 5.32 Å². The Morgan fingerprint density at radius 3 is 2.62 bits per heavy atom. The van der Waals surface area contributed by atoms with Crippen molar-refractivity contribution in [3.8, 4) is 0 Å². The van der Waals surface area contributed by atoms with Crippen molar-refractivity contribution >= 4 is 5.78 Å². The van der Waals surface area contributed by atoms with Gasteiger partial charge in [-0.25, -0.2) is 0 Å². The van der Waals surface area contributed by atoms with Crippen LogP contribution in [0.3, 0.4) is 0 Å². The largest absolute Gasteiger partial charge is 0.304 e. The molecule has 0 spiro atoms. The maximum atomic E-state index is 12.1. The zero-order valence-electron chi connectivity index (χ0n) is 10.1. The molecule has 90 valence electrons. The summed E-state index contributed by atoms with van der Waals surface area (Å²) < 4.78 is 0. The fourth-order valence-corrected chi connectivity index (χ4v) is 2.90. The van der Waals surface area contributed by atoms with Crippen LogP contribution in [-0.2, 0) is 4.79 Å². The normalized spacial score (nSPS) is 28.0. The van der Waals surface area contributed by atoms with Crippen molar-refractivity contribution in [3.63, 3.8) is 0 Å². The number of piperidine rings is 1. The molecule has 0 radical (unpaired) electrons. The molecule has 1 N–H and O–H groups in total.